The molecule has 0 aliphatic heterocycles. The van der Waals surface area contributed by atoms with Crippen LogP contribution in [0.3, 0.4) is 0 Å². The van der Waals surface area contributed by atoms with Crippen molar-refractivity contribution in [2.24, 2.45) is 0 Å². The fourth-order valence-electron chi connectivity index (χ4n) is 3.62. The van der Waals surface area contributed by atoms with Gasteiger partial charge in [0, 0.05) is 0 Å². The predicted molar refractivity (Wildman–Crippen MR) is 161 cm³/mol. The van der Waals surface area contributed by atoms with E-state index in [0.29, 0.717) is 0 Å². The molecule has 1 atom stereocenters. The van der Waals surface area contributed by atoms with Gasteiger partial charge in [-0.15, -0.1) is 0 Å². The van der Waals surface area contributed by atoms with E-state index in [9.17, 15) is 0 Å². The molecule has 0 aliphatic carbocycles. The first-order chi connectivity index (χ1) is 13.6. The summed E-state index contributed by atoms with van der Waals surface area (Å²) in [6, 6.07) is 0. The van der Waals surface area contributed by atoms with Crippen molar-refractivity contribution in [3.63, 3.8) is 0 Å². The minimum absolute atomic E-state index is 1.02. The Morgan fingerprint density at radius 2 is 0.719 bits per heavy atom. The first kappa shape index (κ1) is 35.7. The molecule has 196 valence electrons. The highest BCUT2D eigenvalue weighted by atomic mass is 28.5. The molecular weight excluding hydrogens is 537 g/mol. The zero-order valence-electron chi connectivity index (χ0n) is 24.6. The van der Waals surface area contributed by atoms with E-state index in [1.807, 2.05) is 0 Å². The van der Waals surface area contributed by atoms with Gasteiger partial charge in [0.05, 0.1) is 0 Å². The molecule has 0 radical (unpaired) electrons. The molecule has 14 heteroatoms. The second kappa shape index (κ2) is 13.2. The van der Waals surface area contributed by atoms with E-state index in [4.69, 9.17) is 24.7 Å². The third kappa shape index (κ3) is 24.6. The Morgan fingerprint density at radius 3 is 1.03 bits per heavy atom. The highest BCUT2D eigenvalue weighted by Crippen LogP contribution is 2.21. The Morgan fingerprint density at radius 1 is 0.375 bits per heavy atom. The van der Waals surface area contributed by atoms with Crippen molar-refractivity contribution < 1.29 is 24.7 Å². The van der Waals surface area contributed by atoms with Gasteiger partial charge < -0.3 is 24.7 Å². The van der Waals surface area contributed by atoms with E-state index in [1.165, 1.54) is 0 Å². The van der Waals surface area contributed by atoms with Crippen LogP contribution in [0.25, 0.3) is 0 Å². The van der Waals surface area contributed by atoms with Gasteiger partial charge in [0.15, 0.2) is 34.0 Å². The molecule has 0 rings (SSSR count). The Balaban J connectivity index is 0. The summed E-state index contributed by atoms with van der Waals surface area (Å²) in [7, 11) is -13.0. The molecular formula is C18H56O6Si8. The molecule has 0 aromatic heterocycles. The standard InChI is InChI=1S/2C9H28O3Si4/c1-13(10-14(2,3)4)11-16(8,9)12-15(5,6)7;1-13(2)10-15(6,7)12-16(8,9)11-14(3,4)5/h2*13H,1-9H3. The van der Waals surface area contributed by atoms with Gasteiger partial charge in [-0.05, 0) is 118 Å². The van der Waals surface area contributed by atoms with Crippen molar-refractivity contribution in [3.05, 3.63) is 0 Å². The van der Waals surface area contributed by atoms with E-state index in [0.717, 1.165) is 0 Å². The molecule has 0 aromatic rings. The number of hydrogen-bond donors (Lipinski definition) is 0. The largest absolute Gasteiger partial charge is 0.440 e. The summed E-state index contributed by atoms with van der Waals surface area (Å²) in [5.41, 5.74) is 0. The van der Waals surface area contributed by atoms with Crippen LogP contribution in [0.1, 0.15) is 0 Å². The average Bonchev–Trinajstić information content (AvgIpc) is 2.23. The van der Waals surface area contributed by atoms with Crippen LogP contribution >= 0.6 is 0 Å². The molecule has 0 fully saturated rings. The average molecular weight is 593 g/mol. The smallest absolute Gasteiger partial charge is 0.312 e. The van der Waals surface area contributed by atoms with E-state index < -0.39 is 69.0 Å². The summed E-state index contributed by atoms with van der Waals surface area (Å²) in [6.07, 6.45) is 0. The van der Waals surface area contributed by atoms with Crippen LogP contribution in [-0.4, -0.2) is 69.0 Å². The molecule has 0 aromatic carbocycles. The van der Waals surface area contributed by atoms with Gasteiger partial charge in [-0.1, -0.05) is 0 Å². The molecule has 6 nitrogen and oxygen atoms in total. The van der Waals surface area contributed by atoms with E-state index in [1.54, 1.807) is 0 Å². The lowest BCUT2D eigenvalue weighted by Gasteiger charge is -2.37. The fourth-order valence-corrected chi connectivity index (χ4v) is 34.3. The van der Waals surface area contributed by atoms with Crippen LogP contribution in [0.2, 0.25) is 118 Å². The lowest BCUT2D eigenvalue weighted by Crippen LogP contribution is -2.53. The van der Waals surface area contributed by atoms with Crippen LogP contribution in [0.5, 0.6) is 0 Å². The van der Waals surface area contributed by atoms with Crippen molar-refractivity contribution >= 4 is 69.0 Å². The van der Waals surface area contributed by atoms with Crippen LogP contribution in [-0.2, 0) is 24.7 Å². The van der Waals surface area contributed by atoms with Gasteiger partial charge in [0.2, 0.25) is 0 Å². The summed E-state index contributed by atoms with van der Waals surface area (Å²) < 4.78 is 36.6. The highest BCUT2D eigenvalue weighted by molar-refractivity contribution is 6.87. The predicted octanol–water partition coefficient (Wildman–Crippen LogP) is 6.52. The summed E-state index contributed by atoms with van der Waals surface area (Å²) >= 11 is 0. The van der Waals surface area contributed by atoms with E-state index in [-0.39, 0.29) is 0 Å². The topological polar surface area (TPSA) is 55.4 Å². The molecule has 0 N–H and O–H groups in total. The second-order valence-corrected chi connectivity index (χ2v) is 42.4. The Kier molecular flexibility index (Phi) is 14.7. The highest BCUT2D eigenvalue weighted by Gasteiger charge is 2.39. The van der Waals surface area contributed by atoms with Crippen molar-refractivity contribution in [3.8, 4) is 0 Å². The molecule has 0 bridgehead atoms. The van der Waals surface area contributed by atoms with E-state index in [2.05, 4.69) is 118 Å². The molecule has 1 unspecified atom stereocenters. The first-order valence-electron chi connectivity index (χ1n) is 11.8. The number of hydrogen-bond acceptors (Lipinski definition) is 6. The van der Waals surface area contributed by atoms with Crippen molar-refractivity contribution in [2.75, 3.05) is 0 Å². The molecule has 0 heterocycles. The second-order valence-electron chi connectivity index (χ2n) is 12.8. The third-order valence-electron chi connectivity index (χ3n) is 3.08. The lowest BCUT2D eigenvalue weighted by atomic mass is 11.8. The van der Waals surface area contributed by atoms with Crippen LogP contribution in [0, 0.1) is 0 Å². The Labute approximate surface area is 210 Å². The summed E-state index contributed by atoms with van der Waals surface area (Å²) in [5.74, 6) is 0. The van der Waals surface area contributed by atoms with Gasteiger partial charge in [0.1, 0.15) is 0 Å². The quantitative estimate of drug-likeness (QED) is 0.241. The minimum atomic E-state index is -2.02. The lowest BCUT2D eigenvalue weighted by molar-refractivity contribution is 0.335. The van der Waals surface area contributed by atoms with Crippen LogP contribution in [0.15, 0.2) is 0 Å². The maximum atomic E-state index is 6.21. The first-order valence-corrected chi connectivity index (χ1v) is 35.3. The number of rotatable bonds is 12. The van der Waals surface area contributed by atoms with Crippen molar-refractivity contribution in [1.82, 2.24) is 0 Å². The normalized spacial score (nSPS) is 15.5. The zero-order chi connectivity index (χ0) is 26.4. The van der Waals surface area contributed by atoms with Crippen molar-refractivity contribution in [2.45, 2.75) is 118 Å². The molecule has 0 spiro atoms. The van der Waals surface area contributed by atoms with Gasteiger partial charge in [-0.3, -0.25) is 0 Å². The minimum Gasteiger partial charge on any atom is -0.440 e. The van der Waals surface area contributed by atoms with Crippen LogP contribution in [0.4, 0.5) is 0 Å². The third-order valence-corrected chi connectivity index (χ3v) is 27.8. The molecule has 0 aliphatic rings. The molecule has 32 heavy (non-hydrogen) atoms. The molecule has 0 saturated carbocycles. The monoisotopic (exact) mass is 592 g/mol. The van der Waals surface area contributed by atoms with Crippen LogP contribution < -0.4 is 0 Å². The fraction of sp³-hybridized carbons (Fsp3) is 1.00. The maximum Gasteiger partial charge on any atom is 0.312 e. The maximum absolute atomic E-state index is 6.21. The summed E-state index contributed by atoms with van der Waals surface area (Å²) in [5, 5.41) is 0. The van der Waals surface area contributed by atoms with Gasteiger partial charge in [0.25, 0.3) is 9.28 Å². The van der Waals surface area contributed by atoms with Gasteiger partial charge in [-0.25, -0.2) is 0 Å². The summed E-state index contributed by atoms with van der Waals surface area (Å²) in [4.78, 5) is 0. The zero-order valence-corrected chi connectivity index (χ0v) is 32.9. The molecule has 0 amide bonds. The Bertz CT molecular complexity index is 537. The molecule has 0 saturated heterocycles. The SMILES string of the molecule is C[SiH](C)O[Si](C)(C)O[Si](C)(C)O[Si](C)(C)C.C[SiH](O[Si](C)(C)C)O[Si](C)(C)O[Si](C)(C)C. The van der Waals surface area contributed by atoms with Crippen molar-refractivity contribution in [1.29, 1.82) is 0 Å². The van der Waals surface area contributed by atoms with Gasteiger partial charge >= 0.3 is 25.7 Å². The summed E-state index contributed by atoms with van der Waals surface area (Å²) in [6.45, 7) is 39.1. The van der Waals surface area contributed by atoms with E-state index >= 15 is 0 Å². The Hall–Kier alpha value is 1.50. The van der Waals surface area contributed by atoms with Gasteiger partial charge in [-0.2, -0.15) is 0 Å².